The molecule has 0 aliphatic carbocycles. The van der Waals surface area contributed by atoms with Crippen LogP contribution in [0.2, 0.25) is 18.1 Å². The van der Waals surface area contributed by atoms with Gasteiger partial charge in [0.05, 0.1) is 38.4 Å². The Morgan fingerprint density at radius 1 is 1.11 bits per heavy atom. The van der Waals surface area contributed by atoms with Gasteiger partial charge in [-0.15, -0.1) is 0 Å². The number of rotatable bonds is 12. The molecule has 0 fully saturated rings. The molecule has 0 saturated carbocycles. The third kappa shape index (κ3) is 8.19. The summed E-state index contributed by atoms with van der Waals surface area (Å²) in [4.78, 5) is 17.9. The zero-order chi connectivity index (χ0) is 21.4. The topological polar surface area (TPSA) is 57.2 Å². The van der Waals surface area contributed by atoms with Crippen molar-refractivity contribution in [1.29, 1.82) is 0 Å². The molecule has 0 aromatic carbocycles. The minimum absolute atomic E-state index is 0.0463. The zero-order valence-corrected chi connectivity index (χ0v) is 20.4. The fraction of sp³-hybridized carbons (Fsp3) is 0.950. The van der Waals surface area contributed by atoms with E-state index < -0.39 is 8.32 Å². The summed E-state index contributed by atoms with van der Waals surface area (Å²) in [5.41, 5.74) is 0. The summed E-state index contributed by atoms with van der Waals surface area (Å²) < 4.78 is 18.0. The molecule has 0 spiro atoms. The van der Waals surface area contributed by atoms with Gasteiger partial charge in [0.25, 0.3) is 5.91 Å². The molecule has 0 aromatic heterocycles. The molecule has 4 atom stereocenters. The molecule has 0 aliphatic heterocycles. The number of amides is 1. The van der Waals surface area contributed by atoms with Gasteiger partial charge < -0.3 is 13.9 Å². The molecule has 162 valence electrons. The van der Waals surface area contributed by atoms with Crippen molar-refractivity contribution in [2.45, 2.75) is 78.8 Å². The standard InChI is InChI=1S/C20H43NO5Si/c1-12-24-13-14-25-17(4)15(2)18(16(3)19(22)21(8)23-9)26-27(10,11)20(5,6)7/h15-18H,12-14H2,1-11H3/t15-,16+,17-,18-/m0/s1. The molecule has 0 heterocycles. The van der Waals surface area contributed by atoms with Gasteiger partial charge in [0.15, 0.2) is 8.32 Å². The Morgan fingerprint density at radius 2 is 1.67 bits per heavy atom. The SMILES string of the molecule is CCOCCO[C@@H](C)[C@H](C)[C@H](O[Si](C)(C)C(C)(C)C)[C@@H](C)C(=O)N(C)OC. The average molecular weight is 406 g/mol. The third-order valence-electron chi connectivity index (χ3n) is 5.77. The first kappa shape index (κ1) is 26.5. The average Bonchev–Trinajstić information content (AvgIpc) is 2.59. The molecule has 0 N–H and O–H groups in total. The van der Waals surface area contributed by atoms with Crippen molar-refractivity contribution in [3.8, 4) is 0 Å². The lowest BCUT2D eigenvalue weighted by molar-refractivity contribution is -0.178. The molecule has 0 rings (SSSR count). The summed E-state index contributed by atoms with van der Waals surface area (Å²) in [7, 11) is 1.07. The summed E-state index contributed by atoms with van der Waals surface area (Å²) in [6.45, 7) is 20.8. The second kappa shape index (κ2) is 11.5. The molecule has 7 heteroatoms. The van der Waals surface area contributed by atoms with Gasteiger partial charge >= 0.3 is 0 Å². The van der Waals surface area contributed by atoms with Crippen LogP contribution >= 0.6 is 0 Å². The maximum atomic E-state index is 12.8. The van der Waals surface area contributed by atoms with Crippen LogP contribution in [-0.4, -0.2) is 65.5 Å². The lowest BCUT2D eigenvalue weighted by atomic mass is 9.89. The molecule has 0 aliphatic rings. The van der Waals surface area contributed by atoms with Gasteiger partial charge in [-0.05, 0) is 32.0 Å². The third-order valence-corrected chi connectivity index (χ3v) is 10.2. The largest absolute Gasteiger partial charge is 0.413 e. The van der Waals surface area contributed by atoms with E-state index in [1.165, 1.54) is 12.2 Å². The molecule has 1 amide bonds. The van der Waals surface area contributed by atoms with Crippen molar-refractivity contribution in [2.24, 2.45) is 11.8 Å². The van der Waals surface area contributed by atoms with Gasteiger partial charge in [-0.2, -0.15) is 0 Å². The summed E-state index contributed by atoms with van der Waals surface area (Å²) in [6, 6.07) is 0. The first-order chi connectivity index (χ1) is 12.3. The van der Waals surface area contributed by atoms with E-state index in [9.17, 15) is 4.79 Å². The maximum Gasteiger partial charge on any atom is 0.251 e. The number of hydroxylamine groups is 2. The second-order valence-electron chi connectivity index (χ2n) is 8.78. The predicted octanol–water partition coefficient (Wildman–Crippen LogP) is 4.11. The molecular weight excluding hydrogens is 362 g/mol. The first-order valence-corrected chi connectivity index (χ1v) is 12.9. The number of hydrogen-bond donors (Lipinski definition) is 0. The monoisotopic (exact) mass is 405 g/mol. The molecule has 0 radical (unpaired) electrons. The molecule has 0 aromatic rings. The Labute approximate surface area is 168 Å². The summed E-state index contributed by atoms with van der Waals surface area (Å²) >= 11 is 0. The molecular formula is C20H43NO5Si. The minimum Gasteiger partial charge on any atom is -0.413 e. The molecule has 27 heavy (non-hydrogen) atoms. The number of carbonyl (C=O) groups is 1. The van der Waals surface area contributed by atoms with E-state index >= 15 is 0 Å². The Kier molecular flexibility index (Phi) is 11.3. The van der Waals surface area contributed by atoms with Gasteiger partial charge in [0, 0.05) is 19.6 Å². The predicted molar refractivity (Wildman–Crippen MR) is 112 cm³/mol. The van der Waals surface area contributed by atoms with E-state index in [1.54, 1.807) is 7.05 Å². The highest BCUT2D eigenvalue weighted by Crippen LogP contribution is 2.39. The fourth-order valence-corrected chi connectivity index (χ4v) is 4.01. The molecule has 0 unspecified atom stereocenters. The van der Waals surface area contributed by atoms with Crippen LogP contribution in [0.15, 0.2) is 0 Å². The lowest BCUT2D eigenvalue weighted by Gasteiger charge is -2.43. The number of nitrogens with zero attached hydrogens (tertiary/aromatic N) is 1. The van der Waals surface area contributed by atoms with Crippen LogP contribution in [0.3, 0.4) is 0 Å². The van der Waals surface area contributed by atoms with Crippen LogP contribution in [0.25, 0.3) is 0 Å². The van der Waals surface area contributed by atoms with Crippen molar-refractivity contribution in [3.05, 3.63) is 0 Å². The smallest absolute Gasteiger partial charge is 0.251 e. The van der Waals surface area contributed by atoms with E-state index in [-0.39, 0.29) is 35.0 Å². The maximum absolute atomic E-state index is 12.8. The Balaban J connectivity index is 5.41. The van der Waals surface area contributed by atoms with Crippen LogP contribution in [0.1, 0.15) is 48.5 Å². The second-order valence-corrected chi connectivity index (χ2v) is 13.5. The van der Waals surface area contributed by atoms with Gasteiger partial charge in [-0.1, -0.05) is 34.6 Å². The highest BCUT2D eigenvalue weighted by molar-refractivity contribution is 6.74. The number of hydrogen-bond acceptors (Lipinski definition) is 5. The van der Waals surface area contributed by atoms with Crippen LogP contribution < -0.4 is 0 Å². The van der Waals surface area contributed by atoms with Crippen molar-refractivity contribution in [3.63, 3.8) is 0 Å². The number of carbonyl (C=O) groups excluding carboxylic acids is 1. The van der Waals surface area contributed by atoms with E-state index in [0.717, 1.165) is 0 Å². The van der Waals surface area contributed by atoms with Crippen molar-refractivity contribution < 1.29 is 23.5 Å². The highest BCUT2D eigenvalue weighted by Gasteiger charge is 2.44. The Bertz CT molecular complexity index is 439. The lowest BCUT2D eigenvalue weighted by Crippen LogP contribution is -2.51. The van der Waals surface area contributed by atoms with Gasteiger partial charge in [-0.25, -0.2) is 5.06 Å². The minimum atomic E-state index is -2.07. The molecule has 6 nitrogen and oxygen atoms in total. The Morgan fingerprint density at radius 3 is 2.11 bits per heavy atom. The van der Waals surface area contributed by atoms with Crippen molar-refractivity contribution in [2.75, 3.05) is 34.0 Å². The van der Waals surface area contributed by atoms with Gasteiger partial charge in [0.1, 0.15) is 0 Å². The molecule has 0 saturated heterocycles. The van der Waals surface area contributed by atoms with Crippen LogP contribution in [-0.2, 0) is 23.5 Å². The van der Waals surface area contributed by atoms with E-state index in [0.29, 0.717) is 19.8 Å². The van der Waals surface area contributed by atoms with Crippen LogP contribution in [0.5, 0.6) is 0 Å². The molecule has 0 bridgehead atoms. The Hall–Kier alpha value is -0.473. The first-order valence-electron chi connectivity index (χ1n) is 9.99. The van der Waals surface area contributed by atoms with Gasteiger partial charge in [0.2, 0.25) is 0 Å². The fourth-order valence-electron chi connectivity index (χ4n) is 2.56. The highest BCUT2D eigenvalue weighted by atomic mass is 28.4. The van der Waals surface area contributed by atoms with Crippen LogP contribution in [0.4, 0.5) is 0 Å². The van der Waals surface area contributed by atoms with E-state index in [4.69, 9.17) is 18.7 Å². The van der Waals surface area contributed by atoms with E-state index in [1.807, 2.05) is 20.8 Å². The van der Waals surface area contributed by atoms with Crippen molar-refractivity contribution in [1.82, 2.24) is 5.06 Å². The van der Waals surface area contributed by atoms with Crippen molar-refractivity contribution >= 4 is 14.2 Å². The summed E-state index contributed by atoms with van der Waals surface area (Å²) in [5.74, 6) is -0.378. The summed E-state index contributed by atoms with van der Waals surface area (Å²) in [6.07, 6.45) is -0.304. The number of ether oxygens (including phenoxy) is 2. The summed E-state index contributed by atoms with van der Waals surface area (Å²) in [5, 5.41) is 1.33. The van der Waals surface area contributed by atoms with E-state index in [2.05, 4.69) is 40.8 Å². The van der Waals surface area contributed by atoms with Crippen LogP contribution in [0, 0.1) is 11.8 Å². The normalized spacial score (nSPS) is 17.3. The zero-order valence-electron chi connectivity index (χ0n) is 19.4. The van der Waals surface area contributed by atoms with Gasteiger partial charge in [-0.3, -0.25) is 9.63 Å². The quantitative estimate of drug-likeness (QED) is 0.278.